The molecule has 0 aromatic rings. The smallest absolute Gasteiger partial charge is 0.110 e. The number of quaternary nitrogens is 1. The zero-order valence-electron chi connectivity index (χ0n) is 6.68. The third-order valence-corrected chi connectivity index (χ3v) is 1.37. The maximum atomic E-state index is 5.11. The van der Waals surface area contributed by atoms with Crippen molar-refractivity contribution in [2.75, 3.05) is 40.6 Å². The third kappa shape index (κ3) is 8.27. The van der Waals surface area contributed by atoms with E-state index in [1.807, 2.05) is 6.26 Å². The van der Waals surface area contributed by atoms with Crippen LogP contribution in [0.15, 0.2) is 0 Å². The fourth-order valence-corrected chi connectivity index (χ4v) is 0.636. The third-order valence-electron chi connectivity index (χ3n) is 0.963. The first-order valence-electron chi connectivity index (χ1n) is 3.02. The summed E-state index contributed by atoms with van der Waals surface area (Å²) in [4.78, 5) is 0. The Labute approximate surface area is 62.0 Å². The fraction of sp³-hybridized carbons (Fsp3) is 1.00. The molecule has 0 radical (unpaired) electrons. The SMILES string of the molecule is CSOCC[N+](C)(C)C. The Morgan fingerprint density at radius 2 is 1.89 bits per heavy atom. The topological polar surface area (TPSA) is 9.23 Å². The predicted octanol–water partition coefficient (Wildman–Crippen LogP) is 0.987. The molecule has 0 heterocycles. The second kappa shape index (κ2) is 4.14. The van der Waals surface area contributed by atoms with Crippen LogP contribution in [-0.4, -0.2) is 45.0 Å². The highest BCUT2D eigenvalue weighted by Gasteiger charge is 2.04. The summed E-state index contributed by atoms with van der Waals surface area (Å²) in [6.45, 7) is 1.91. The van der Waals surface area contributed by atoms with Gasteiger partial charge in [0.25, 0.3) is 0 Å². The van der Waals surface area contributed by atoms with Crippen LogP contribution in [0.5, 0.6) is 0 Å². The molecule has 0 aliphatic carbocycles. The molecular weight excluding hydrogens is 134 g/mol. The van der Waals surface area contributed by atoms with Crippen molar-refractivity contribution in [3.63, 3.8) is 0 Å². The van der Waals surface area contributed by atoms with Crippen LogP contribution in [0.4, 0.5) is 0 Å². The minimum Gasteiger partial charge on any atom is -0.329 e. The van der Waals surface area contributed by atoms with Crippen molar-refractivity contribution >= 4 is 12.0 Å². The van der Waals surface area contributed by atoms with Gasteiger partial charge in [-0.3, -0.25) is 0 Å². The molecule has 0 fully saturated rings. The van der Waals surface area contributed by atoms with E-state index in [1.165, 1.54) is 12.0 Å². The van der Waals surface area contributed by atoms with Crippen molar-refractivity contribution in [2.24, 2.45) is 0 Å². The highest BCUT2D eigenvalue weighted by molar-refractivity contribution is 7.93. The molecule has 0 bridgehead atoms. The lowest BCUT2D eigenvalue weighted by molar-refractivity contribution is -0.870. The van der Waals surface area contributed by atoms with E-state index >= 15 is 0 Å². The zero-order chi connectivity index (χ0) is 7.33. The maximum absolute atomic E-state index is 5.11. The molecule has 9 heavy (non-hydrogen) atoms. The summed E-state index contributed by atoms with van der Waals surface area (Å²) in [5.41, 5.74) is 0. The first-order valence-corrected chi connectivity index (χ1v) is 4.17. The Morgan fingerprint density at radius 3 is 2.22 bits per heavy atom. The van der Waals surface area contributed by atoms with Gasteiger partial charge in [0.2, 0.25) is 0 Å². The molecule has 0 aromatic heterocycles. The lowest BCUT2D eigenvalue weighted by atomic mass is 10.5. The summed E-state index contributed by atoms with van der Waals surface area (Å²) in [5.74, 6) is 0. The molecule has 0 aliphatic rings. The van der Waals surface area contributed by atoms with E-state index in [0.29, 0.717) is 0 Å². The Bertz CT molecular complexity index is 69.9. The molecule has 0 spiro atoms. The Balaban J connectivity index is 3.07. The molecule has 0 saturated heterocycles. The standard InChI is InChI=1S/C6H16NOS/c1-7(2,3)5-6-8-9-4/h5-6H2,1-4H3/q+1. The average Bonchev–Trinajstić information content (AvgIpc) is 1.63. The first kappa shape index (κ1) is 9.27. The molecule has 0 aromatic carbocycles. The molecule has 56 valence electrons. The highest BCUT2D eigenvalue weighted by Crippen LogP contribution is 1.96. The highest BCUT2D eigenvalue weighted by atomic mass is 32.2. The minimum absolute atomic E-state index is 0.838. The van der Waals surface area contributed by atoms with Gasteiger partial charge in [-0.25, -0.2) is 0 Å². The van der Waals surface area contributed by atoms with Crippen LogP contribution in [0.2, 0.25) is 0 Å². The van der Waals surface area contributed by atoms with Crippen molar-refractivity contribution in [3.8, 4) is 0 Å². The Hall–Kier alpha value is 0.270. The first-order chi connectivity index (χ1) is 4.06. The van der Waals surface area contributed by atoms with Gasteiger partial charge in [-0.1, -0.05) is 0 Å². The number of likely N-dealkylation sites (N-methyl/N-ethyl adjacent to an activating group) is 1. The number of nitrogens with zero attached hydrogens (tertiary/aromatic N) is 1. The van der Waals surface area contributed by atoms with Gasteiger partial charge in [0.05, 0.1) is 21.1 Å². The van der Waals surface area contributed by atoms with Crippen molar-refractivity contribution < 1.29 is 8.67 Å². The second-order valence-electron chi connectivity index (χ2n) is 3.00. The monoisotopic (exact) mass is 150 g/mol. The van der Waals surface area contributed by atoms with E-state index in [1.54, 1.807) is 0 Å². The van der Waals surface area contributed by atoms with E-state index in [0.717, 1.165) is 17.6 Å². The van der Waals surface area contributed by atoms with E-state index in [9.17, 15) is 0 Å². The summed E-state index contributed by atoms with van der Waals surface area (Å²) in [6.07, 6.45) is 1.94. The normalized spacial score (nSPS) is 12.0. The Morgan fingerprint density at radius 1 is 1.33 bits per heavy atom. The predicted molar refractivity (Wildman–Crippen MR) is 42.4 cm³/mol. The summed E-state index contributed by atoms with van der Waals surface area (Å²) in [6, 6.07) is 0. The average molecular weight is 150 g/mol. The van der Waals surface area contributed by atoms with E-state index in [-0.39, 0.29) is 0 Å². The van der Waals surface area contributed by atoms with Crippen LogP contribution in [0.3, 0.4) is 0 Å². The van der Waals surface area contributed by atoms with Crippen molar-refractivity contribution in [1.29, 1.82) is 0 Å². The maximum Gasteiger partial charge on any atom is 0.110 e. The molecule has 0 atom stereocenters. The number of hydrogen-bond acceptors (Lipinski definition) is 2. The van der Waals surface area contributed by atoms with Crippen molar-refractivity contribution in [1.82, 2.24) is 0 Å². The van der Waals surface area contributed by atoms with E-state index in [4.69, 9.17) is 4.18 Å². The van der Waals surface area contributed by atoms with Gasteiger partial charge in [0, 0.05) is 6.26 Å². The van der Waals surface area contributed by atoms with E-state index < -0.39 is 0 Å². The van der Waals surface area contributed by atoms with Crippen LogP contribution in [0.1, 0.15) is 0 Å². The van der Waals surface area contributed by atoms with Gasteiger partial charge in [-0.2, -0.15) is 0 Å². The Kier molecular flexibility index (Phi) is 4.27. The molecule has 0 amide bonds. The fourth-order valence-electron chi connectivity index (χ4n) is 0.394. The van der Waals surface area contributed by atoms with Gasteiger partial charge in [0.1, 0.15) is 13.2 Å². The summed E-state index contributed by atoms with van der Waals surface area (Å²) in [7, 11) is 6.47. The molecule has 0 unspecified atom stereocenters. The van der Waals surface area contributed by atoms with Gasteiger partial charge < -0.3 is 8.67 Å². The quantitative estimate of drug-likeness (QED) is 0.336. The van der Waals surface area contributed by atoms with Crippen LogP contribution in [0.25, 0.3) is 0 Å². The molecule has 2 nitrogen and oxygen atoms in total. The van der Waals surface area contributed by atoms with Crippen LogP contribution in [-0.2, 0) is 4.18 Å². The molecule has 0 aliphatic heterocycles. The van der Waals surface area contributed by atoms with Crippen molar-refractivity contribution in [3.05, 3.63) is 0 Å². The second-order valence-corrected chi connectivity index (χ2v) is 3.57. The molecule has 3 heteroatoms. The van der Waals surface area contributed by atoms with Gasteiger partial charge in [0.15, 0.2) is 0 Å². The van der Waals surface area contributed by atoms with E-state index in [2.05, 4.69) is 21.1 Å². The van der Waals surface area contributed by atoms with Gasteiger partial charge >= 0.3 is 0 Å². The van der Waals surface area contributed by atoms with Crippen LogP contribution >= 0.6 is 12.0 Å². The molecule has 0 N–H and O–H groups in total. The lowest BCUT2D eigenvalue weighted by Crippen LogP contribution is -2.37. The summed E-state index contributed by atoms with van der Waals surface area (Å²) < 4.78 is 6.08. The summed E-state index contributed by atoms with van der Waals surface area (Å²) >= 11 is 1.43. The van der Waals surface area contributed by atoms with Gasteiger partial charge in [-0.15, -0.1) is 0 Å². The minimum atomic E-state index is 0.838. The lowest BCUT2D eigenvalue weighted by Gasteiger charge is -2.22. The van der Waals surface area contributed by atoms with Gasteiger partial charge in [-0.05, 0) is 12.0 Å². The molecular formula is C6H16NOS+. The largest absolute Gasteiger partial charge is 0.329 e. The summed E-state index contributed by atoms with van der Waals surface area (Å²) in [5, 5.41) is 0. The zero-order valence-corrected chi connectivity index (χ0v) is 7.49. The molecule has 0 rings (SSSR count). The number of rotatable bonds is 4. The molecule has 0 saturated carbocycles. The van der Waals surface area contributed by atoms with Crippen LogP contribution < -0.4 is 0 Å². The number of hydrogen-bond donors (Lipinski definition) is 0. The van der Waals surface area contributed by atoms with Crippen molar-refractivity contribution in [2.45, 2.75) is 0 Å². The van der Waals surface area contributed by atoms with Crippen LogP contribution in [0, 0.1) is 0 Å².